The maximum atomic E-state index is 10.6. The van der Waals surface area contributed by atoms with Crippen LogP contribution in [0, 0.1) is 38.7 Å². The van der Waals surface area contributed by atoms with Gasteiger partial charge in [-0.05, 0) is 49.5 Å². The number of nitro groups is 1. The minimum absolute atomic E-state index is 0.128. The molecule has 3 atom stereocenters. The third-order valence-electron chi connectivity index (χ3n) is 5.21. The first-order chi connectivity index (χ1) is 9.63. The van der Waals surface area contributed by atoms with Gasteiger partial charge in [0, 0.05) is 12.1 Å². The molecule has 4 nitrogen and oxygen atoms in total. The second-order valence-corrected chi connectivity index (χ2v) is 6.27. The molecule has 1 aromatic rings. The Labute approximate surface area is 118 Å². The van der Waals surface area contributed by atoms with E-state index in [1.54, 1.807) is 12.1 Å². The fourth-order valence-corrected chi connectivity index (χ4v) is 4.09. The van der Waals surface area contributed by atoms with Crippen LogP contribution in [0.3, 0.4) is 0 Å². The predicted octanol–water partition coefficient (Wildman–Crippen LogP) is 3.86. The fourth-order valence-electron chi connectivity index (χ4n) is 4.09. The van der Waals surface area contributed by atoms with Crippen molar-refractivity contribution in [1.82, 2.24) is 0 Å². The van der Waals surface area contributed by atoms with Crippen molar-refractivity contribution in [2.45, 2.75) is 38.5 Å². The average molecular weight is 270 g/mol. The maximum Gasteiger partial charge on any atom is 0.269 e. The van der Waals surface area contributed by atoms with Crippen LogP contribution < -0.4 is 0 Å². The number of nitro benzene ring substituents is 1. The molecular formula is C16H18N2O2. The van der Waals surface area contributed by atoms with Crippen molar-refractivity contribution < 1.29 is 4.92 Å². The summed E-state index contributed by atoms with van der Waals surface area (Å²) in [7, 11) is 0. The minimum atomic E-state index is -0.378. The molecule has 20 heavy (non-hydrogen) atoms. The van der Waals surface area contributed by atoms with Crippen LogP contribution in [0.1, 0.15) is 37.7 Å². The van der Waals surface area contributed by atoms with Gasteiger partial charge in [-0.25, -0.2) is 0 Å². The lowest BCUT2D eigenvalue weighted by molar-refractivity contribution is -0.384. The molecule has 2 fully saturated rings. The summed E-state index contributed by atoms with van der Waals surface area (Å²) in [6, 6.07) is 9.33. The number of benzene rings is 1. The minimum Gasteiger partial charge on any atom is -0.258 e. The van der Waals surface area contributed by atoms with Crippen LogP contribution in [-0.2, 0) is 6.42 Å². The first kappa shape index (κ1) is 13.1. The number of non-ortho nitro benzene ring substituents is 1. The Kier molecular flexibility index (Phi) is 3.21. The highest BCUT2D eigenvalue weighted by atomic mass is 16.6. The van der Waals surface area contributed by atoms with Crippen LogP contribution in [0.5, 0.6) is 0 Å². The summed E-state index contributed by atoms with van der Waals surface area (Å²) >= 11 is 0. The fraction of sp³-hybridized carbons (Fsp3) is 0.562. The van der Waals surface area contributed by atoms with Crippen molar-refractivity contribution in [3.8, 4) is 6.07 Å². The number of fused-ring (bicyclic) bond motifs is 2. The second-order valence-electron chi connectivity index (χ2n) is 6.27. The molecule has 2 aliphatic rings. The monoisotopic (exact) mass is 270 g/mol. The maximum absolute atomic E-state index is 10.6. The van der Waals surface area contributed by atoms with Crippen LogP contribution in [0.15, 0.2) is 24.3 Å². The van der Waals surface area contributed by atoms with Gasteiger partial charge in [-0.15, -0.1) is 0 Å². The molecule has 0 radical (unpaired) electrons. The van der Waals surface area contributed by atoms with Crippen molar-refractivity contribution in [3.63, 3.8) is 0 Å². The van der Waals surface area contributed by atoms with Crippen molar-refractivity contribution in [2.75, 3.05) is 0 Å². The smallest absolute Gasteiger partial charge is 0.258 e. The molecule has 0 spiro atoms. The molecule has 2 saturated carbocycles. The summed E-state index contributed by atoms with van der Waals surface area (Å²) in [5, 5.41) is 20.2. The van der Waals surface area contributed by atoms with Crippen LogP contribution in [0.2, 0.25) is 0 Å². The molecule has 1 aromatic carbocycles. The van der Waals surface area contributed by atoms with Crippen LogP contribution in [0.25, 0.3) is 0 Å². The van der Waals surface area contributed by atoms with E-state index in [2.05, 4.69) is 6.07 Å². The van der Waals surface area contributed by atoms with Crippen molar-refractivity contribution in [3.05, 3.63) is 39.9 Å². The zero-order chi connectivity index (χ0) is 14.2. The molecule has 2 bridgehead atoms. The first-order valence-electron chi connectivity index (χ1n) is 7.27. The predicted molar refractivity (Wildman–Crippen MR) is 74.9 cm³/mol. The lowest BCUT2D eigenvalue weighted by Crippen LogP contribution is -2.26. The van der Waals surface area contributed by atoms with Gasteiger partial charge in [0.05, 0.1) is 16.4 Å². The summed E-state index contributed by atoms with van der Waals surface area (Å²) in [5.74, 6) is 1.34. The third kappa shape index (κ3) is 2.18. The lowest BCUT2D eigenvalue weighted by atomic mass is 9.71. The third-order valence-corrected chi connectivity index (χ3v) is 5.21. The molecule has 0 heterocycles. The summed E-state index contributed by atoms with van der Waals surface area (Å²) in [5.41, 5.74) is 1.08. The average Bonchev–Trinajstić information content (AvgIpc) is 3.06. The molecule has 104 valence electrons. The van der Waals surface area contributed by atoms with E-state index in [1.165, 1.54) is 19.3 Å². The molecule has 0 N–H and O–H groups in total. The number of hydrogen-bond acceptors (Lipinski definition) is 3. The highest BCUT2D eigenvalue weighted by Crippen LogP contribution is 2.57. The van der Waals surface area contributed by atoms with E-state index in [1.807, 2.05) is 12.1 Å². The normalized spacial score (nSPS) is 31.1. The van der Waals surface area contributed by atoms with E-state index >= 15 is 0 Å². The highest BCUT2D eigenvalue weighted by molar-refractivity contribution is 5.33. The van der Waals surface area contributed by atoms with Gasteiger partial charge in [0.2, 0.25) is 0 Å². The van der Waals surface area contributed by atoms with Crippen LogP contribution in [-0.4, -0.2) is 4.92 Å². The molecule has 0 saturated heterocycles. The standard InChI is InChI=1S/C16H18N2O2/c17-11-16(10-13-1-4-14(16)9-13)8-7-12-2-5-15(6-3-12)18(19)20/h2-3,5-6,13-14H,1,4,7-10H2. The Balaban J connectivity index is 1.67. The van der Waals surface area contributed by atoms with Crippen molar-refractivity contribution in [2.24, 2.45) is 17.3 Å². The Bertz CT molecular complexity index is 561. The Morgan fingerprint density at radius 3 is 2.60 bits per heavy atom. The van der Waals surface area contributed by atoms with Gasteiger partial charge >= 0.3 is 0 Å². The number of nitriles is 1. The molecule has 3 rings (SSSR count). The molecule has 0 amide bonds. The highest BCUT2D eigenvalue weighted by Gasteiger charge is 2.50. The molecule has 3 unspecified atom stereocenters. The molecule has 0 aromatic heterocycles. The summed E-state index contributed by atoms with van der Waals surface area (Å²) in [6.45, 7) is 0. The SMILES string of the molecule is N#CC1(CCc2ccc([N+](=O)[O-])cc2)CC2CCC1C2. The second kappa shape index (κ2) is 4.90. The quantitative estimate of drug-likeness (QED) is 0.616. The number of rotatable bonds is 4. The largest absolute Gasteiger partial charge is 0.269 e. The van der Waals surface area contributed by atoms with Crippen molar-refractivity contribution in [1.29, 1.82) is 5.26 Å². The molecule has 0 aliphatic heterocycles. The van der Waals surface area contributed by atoms with Gasteiger partial charge < -0.3 is 0 Å². The Morgan fingerprint density at radius 1 is 1.35 bits per heavy atom. The first-order valence-corrected chi connectivity index (χ1v) is 7.27. The van der Waals surface area contributed by atoms with Gasteiger partial charge in [0.1, 0.15) is 0 Å². The van der Waals surface area contributed by atoms with Crippen molar-refractivity contribution >= 4 is 5.69 Å². The Morgan fingerprint density at radius 2 is 2.10 bits per heavy atom. The summed E-state index contributed by atoms with van der Waals surface area (Å²) in [6.07, 6.45) is 6.52. The van der Waals surface area contributed by atoms with E-state index in [0.717, 1.165) is 30.7 Å². The van der Waals surface area contributed by atoms with Crippen LogP contribution >= 0.6 is 0 Å². The topological polar surface area (TPSA) is 66.9 Å². The van der Waals surface area contributed by atoms with Gasteiger partial charge in [-0.2, -0.15) is 5.26 Å². The van der Waals surface area contributed by atoms with E-state index in [9.17, 15) is 15.4 Å². The number of aryl methyl sites for hydroxylation is 1. The molecular weight excluding hydrogens is 252 g/mol. The zero-order valence-electron chi connectivity index (χ0n) is 11.4. The van der Waals surface area contributed by atoms with Gasteiger partial charge in [-0.1, -0.05) is 18.6 Å². The lowest BCUT2D eigenvalue weighted by Gasteiger charge is -2.31. The number of nitrogens with zero attached hydrogens (tertiary/aromatic N) is 2. The molecule has 4 heteroatoms. The van der Waals surface area contributed by atoms with E-state index in [0.29, 0.717) is 5.92 Å². The van der Waals surface area contributed by atoms with E-state index in [-0.39, 0.29) is 16.0 Å². The number of hydrogen-bond donors (Lipinski definition) is 0. The van der Waals surface area contributed by atoms with E-state index < -0.39 is 0 Å². The van der Waals surface area contributed by atoms with Gasteiger partial charge in [-0.3, -0.25) is 10.1 Å². The van der Waals surface area contributed by atoms with Crippen LogP contribution in [0.4, 0.5) is 5.69 Å². The van der Waals surface area contributed by atoms with E-state index in [4.69, 9.17) is 0 Å². The molecule has 2 aliphatic carbocycles. The summed E-state index contributed by atoms with van der Waals surface area (Å²) in [4.78, 5) is 10.2. The van der Waals surface area contributed by atoms with Gasteiger partial charge in [0.25, 0.3) is 5.69 Å². The van der Waals surface area contributed by atoms with Gasteiger partial charge in [0.15, 0.2) is 0 Å². The summed E-state index contributed by atoms with van der Waals surface area (Å²) < 4.78 is 0. The zero-order valence-corrected chi connectivity index (χ0v) is 11.4. The Hall–Kier alpha value is -1.89.